The quantitative estimate of drug-likeness (QED) is 0.627. The van der Waals surface area contributed by atoms with Gasteiger partial charge in [-0.3, -0.25) is 9.69 Å². The molecule has 0 saturated carbocycles. The first-order valence-corrected chi connectivity index (χ1v) is 11.0. The summed E-state index contributed by atoms with van der Waals surface area (Å²) in [5.74, 6) is 0.758. The number of nitrogens with zero attached hydrogens (tertiary/aromatic N) is 2. The van der Waals surface area contributed by atoms with E-state index in [0.29, 0.717) is 17.1 Å². The number of aryl methyl sites for hydroxylation is 1. The Morgan fingerprint density at radius 1 is 1.20 bits per heavy atom. The normalized spacial score (nSPS) is 13.1. The molecule has 0 atom stereocenters. The Kier molecular flexibility index (Phi) is 6.03. The highest BCUT2D eigenvalue weighted by atomic mass is 32.1. The van der Waals surface area contributed by atoms with Crippen LogP contribution in [0.4, 0.5) is 5.00 Å². The van der Waals surface area contributed by atoms with Gasteiger partial charge in [0.25, 0.3) is 0 Å². The highest BCUT2D eigenvalue weighted by Gasteiger charge is 2.22. The van der Waals surface area contributed by atoms with E-state index >= 15 is 0 Å². The predicted molar refractivity (Wildman–Crippen MR) is 121 cm³/mol. The summed E-state index contributed by atoms with van der Waals surface area (Å²) in [5, 5.41) is 15.5. The number of fused-ring (bicyclic) bond motifs is 2. The summed E-state index contributed by atoms with van der Waals surface area (Å²) in [5.41, 5.74) is 2.95. The van der Waals surface area contributed by atoms with Gasteiger partial charge in [-0.25, -0.2) is 0 Å². The van der Waals surface area contributed by atoms with Crippen molar-refractivity contribution >= 4 is 33.0 Å². The lowest BCUT2D eigenvalue weighted by Gasteiger charge is -2.16. The molecule has 1 amide bonds. The highest BCUT2D eigenvalue weighted by Crippen LogP contribution is 2.37. The van der Waals surface area contributed by atoms with Crippen LogP contribution in [0.2, 0.25) is 0 Å². The number of benzene rings is 2. The van der Waals surface area contributed by atoms with Gasteiger partial charge in [0.05, 0.1) is 19.2 Å². The van der Waals surface area contributed by atoms with Crippen molar-refractivity contribution in [2.24, 2.45) is 0 Å². The number of ether oxygens (including phenoxy) is 1. The molecule has 1 heterocycles. The van der Waals surface area contributed by atoms with Crippen LogP contribution in [-0.4, -0.2) is 31.5 Å². The lowest BCUT2D eigenvalue weighted by atomic mass is 9.96. The van der Waals surface area contributed by atoms with Crippen molar-refractivity contribution in [3.63, 3.8) is 0 Å². The number of hydrogen-bond donors (Lipinski definition) is 1. The van der Waals surface area contributed by atoms with E-state index in [9.17, 15) is 10.1 Å². The van der Waals surface area contributed by atoms with Gasteiger partial charge < -0.3 is 10.1 Å². The summed E-state index contributed by atoms with van der Waals surface area (Å²) in [6, 6.07) is 14.6. The van der Waals surface area contributed by atoms with E-state index in [1.54, 1.807) is 18.4 Å². The maximum Gasteiger partial charge on any atom is 0.239 e. The third kappa shape index (κ3) is 4.33. The Balaban J connectivity index is 1.40. The molecule has 0 spiro atoms. The van der Waals surface area contributed by atoms with E-state index in [2.05, 4.69) is 29.6 Å². The van der Waals surface area contributed by atoms with Crippen LogP contribution in [0, 0.1) is 11.3 Å². The molecule has 0 aliphatic heterocycles. The SMILES string of the molecule is COc1ccc2cc(CN(C)CC(=O)Nc3sc4c(c3C#N)CCCC4)ccc2c1. The van der Waals surface area contributed by atoms with Crippen LogP contribution in [0.15, 0.2) is 36.4 Å². The molecule has 1 aliphatic rings. The van der Waals surface area contributed by atoms with Gasteiger partial charge in [-0.15, -0.1) is 11.3 Å². The summed E-state index contributed by atoms with van der Waals surface area (Å²) in [4.78, 5) is 15.9. The van der Waals surface area contributed by atoms with Crippen LogP contribution in [0.3, 0.4) is 0 Å². The van der Waals surface area contributed by atoms with Crippen molar-refractivity contribution in [2.45, 2.75) is 32.2 Å². The summed E-state index contributed by atoms with van der Waals surface area (Å²) < 4.78 is 5.28. The van der Waals surface area contributed by atoms with Gasteiger partial charge in [0.15, 0.2) is 0 Å². The first kappa shape index (κ1) is 20.4. The van der Waals surface area contributed by atoms with Crippen LogP contribution in [0.5, 0.6) is 5.75 Å². The fourth-order valence-corrected chi connectivity index (χ4v) is 5.31. The highest BCUT2D eigenvalue weighted by molar-refractivity contribution is 7.16. The number of methoxy groups -OCH3 is 1. The summed E-state index contributed by atoms with van der Waals surface area (Å²) in [7, 11) is 3.60. The molecular weight excluding hydrogens is 394 g/mol. The standard InChI is InChI=1S/C24H25N3O2S/c1-27(14-16-7-8-18-12-19(29-2)10-9-17(18)11-16)15-23(28)26-24-21(13-25)20-5-3-4-6-22(20)30-24/h7-12H,3-6,14-15H2,1-2H3,(H,26,28). The van der Waals surface area contributed by atoms with Crippen molar-refractivity contribution in [1.29, 1.82) is 5.26 Å². The number of amides is 1. The molecule has 30 heavy (non-hydrogen) atoms. The van der Waals surface area contributed by atoms with E-state index in [1.807, 2.05) is 30.1 Å². The topological polar surface area (TPSA) is 65.4 Å². The van der Waals surface area contributed by atoms with Crippen molar-refractivity contribution in [3.05, 3.63) is 58.0 Å². The van der Waals surface area contributed by atoms with Crippen LogP contribution in [-0.2, 0) is 24.2 Å². The molecule has 0 unspecified atom stereocenters. The zero-order chi connectivity index (χ0) is 21.1. The second kappa shape index (κ2) is 8.86. The second-order valence-corrected chi connectivity index (χ2v) is 8.90. The van der Waals surface area contributed by atoms with Gasteiger partial charge in [0.2, 0.25) is 5.91 Å². The minimum absolute atomic E-state index is 0.0851. The van der Waals surface area contributed by atoms with Gasteiger partial charge >= 0.3 is 0 Å². The minimum atomic E-state index is -0.0851. The van der Waals surface area contributed by atoms with Crippen molar-refractivity contribution in [3.8, 4) is 11.8 Å². The molecule has 5 nitrogen and oxygen atoms in total. The van der Waals surface area contributed by atoms with Gasteiger partial charge in [-0.1, -0.05) is 18.2 Å². The Bertz CT molecular complexity index is 1130. The fourth-order valence-electron chi connectivity index (χ4n) is 4.05. The number of thiophene rings is 1. The smallest absolute Gasteiger partial charge is 0.239 e. The minimum Gasteiger partial charge on any atom is -0.497 e. The van der Waals surface area contributed by atoms with Crippen LogP contribution in [0.25, 0.3) is 10.8 Å². The first-order chi connectivity index (χ1) is 14.6. The monoisotopic (exact) mass is 419 g/mol. The summed E-state index contributed by atoms with van der Waals surface area (Å²) in [6.45, 7) is 0.940. The molecule has 0 fully saturated rings. The predicted octanol–water partition coefficient (Wildman–Crippen LogP) is 4.73. The van der Waals surface area contributed by atoms with Gasteiger partial charge in [0.1, 0.15) is 16.8 Å². The Labute approximate surface area is 180 Å². The lowest BCUT2D eigenvalue weighted by molar-refractivity contribution is -0.117. The summed E-state index contributed by atoms with van der Waals surface area (Å²) in [6.07, 6.45) is 4.23. The van der Waals surface area contributed by atoms with E-state index in [0.717, 1.165) is 53.3 Å². The molecule has 1 aliphatic carbocycles. The lowest BCUT2D eigenvalue weighted by Crippen LogP contribution is -2.29. The number of rotatable bonds is 6. The average molecular weight is 420 g/mol. The third-order valence-corrected chi connectivity index (χ3v) is 6.72. The molecule has 1 N–H and O–H groups in total. The number of nitrogens with one attached hydrogen (secondary N) is 1. The van der Waals surface area contributed by atoms with E-state index in [4.69, 9.17) is 4.74 Å². The molecule has 154 valence electrons. The van der Waals surface area contributed by atoms with Crippen LogP contribution >= 0.6 is 11.3 Å². The number of carbonyl (C=O) groups excluding carboxylic acids is 1. The van der Waals surface area contributed by atoms with Gasteiger partial charge in [0, 0.05) is 11.4 Å². The number of anilines is 1. The Hall–Kier alpha value is -2.88. The molecule has 3 aromatic rings. The molecule has 6 heteroatoms. The Morgan fingerprint density at radius 3 is 2.77 bits per heavy atom. The molecule has 4 rings (SSSR count). The zero-order valence-corrected chi connectivity index (χ0v) is 18.1. The molecule has 0 saturated heterocycles. The van der Waals surface area contributed by atoms with Crippen LogP contribution in [0.1, 0.15) is 34.4 Å². The number of hydrogen-bond acceptors (Lipinski definition) is 5. The molecule has 1 aromatic heterocycles. The number of likely N-dealkylation sites (N-methyl/N-ethyl adjacent to an activating group) is 1. The zero-order valence-electron chi connectivity index (χ0n) is 17.3. The van der Waals surface area contributed by atoms with Crippen LogP contribution < -0.4 is 10.1 Å². The maximum absolute atomic E-state index is 12.6. The van der Waals surface area contributed by atoms with Crippen molar-refractivity contribution in [2.75, 3.05) is 26.0 Å². The number of carbonyl (C=O) groups is 1. The van der Waals surface area contributed by atoms with E-state index in [1.165, 1.54) is 4.88 Å². The molecule has 2 aromatic carbocycles. The molecule has 0 bridgehead atoms. The maximum atomic E-state index is 12.6. The van der Waals surface area contributed by atoms with Gasteiger partial charge in [-0.05, 0) is 72.8 Å². The third-order valence-electron chi connectivity index (χ3n) is 5.51. The van der Waals surface area contributed by atoms with E-state index in [-0.39, 0.29) is 12.5 Å². The second-order valence-electron chi connectivity index (χ2n) is 7.79. The molecule has 0 radical (unpaired) electrons. The molecular formula is C24H25N3O2S. The first-order valence-electron chi connectivity index (χ1n) is 10.2. The van der Waals surface area contributed by atoms with Crippen molar-refractivity contribution in [1.82, 2.24) is 4.90 Å². The van der Waals surface area contributed by atoms with Crippen molar-refractivity contribution < 1.29 is 9.53 Å². The largest absolute Gasteiger partial charge is 0.497 e. The number of nitriles is 1. The van der Waals surface area contributed by atoms with E-state index < -0.39 is 0 Å². The fraction of sp³-hybridized carbons (Fsp3) is 0.333. The Morgan fingerprint density at radius 2 is 1.97 bits per heavy atom. The summed E-state index contributed by atoms with van der Waals surface area (Å²) >= 11 is 1.57. The van der Waals surface area contributed by atoms with Gasteiger partial charge in [-0.2, -0.15) is 5.26 Å². The average Bonchev–Trinajstić information content (AvgIpc) is 3.09.